The molecule has 0 aromatic heterocycles. The second-order valence-corrected chi connectivity index (χ2v) is 12.1. The molecular formula is C27H44O2. The van der Waals surface area contributed by atoms with E-state index in [0.29, 0.717) is 29.6 Å². The maximum atomic E-state index is 12.0. The standard InChI is InChI=1S/C27H44O2/c1-17(2)7-6-8-18(3)21-9-10-22-25-23(12-14-27(21,22)5)26(4)13-11-20(28)15-19(26)16-24(25)29/h15,17-18,21-25,29H,6-14,16H2,1-5H3/t18-,21-,22?,23?,24-,25?,26+,27-/m1/s1. The van der Waals surface area contributed by atoms with E-state index in [2.05, 4.69) is 34.6 Å². The third-order valence-corrected chi connectivity index (χ3v) is 10.2. The lowest BCUT2D eigenvalue weighted by molar-refractivity contribution is -0.124. The molecule has 164 valence electrons. The SMILES string of the molecule is CC(C)CCC[C@@H](C)[C@H]1CCC2C3C(CC[C@@]21C)[C@@]1(C)CCC(=O)C=C1C[C@H]3O. The molecule has 4 aliphatic carbocycles. The van der Waals surface area contributed by atoms with Crippen molar-refractivity contribution in [2.24, 2.45) is 46.3 Å². The van der Waals surface area contributed by atoms with Crippen LogP contribution in [0.2, 0.25) is 0 Å². The van der Waals surface area contributed by atoms with Gasteiger partial charge in [-0.15, -0.1) is 0 Å². The van der Waals surface area contributed by atoms with Crippen molar-refractivity contribution in [1.29, 1.82) is 0 Å². The highest BCUT2D eigenvalue weighted by Crippen LogP contribution is 2.67. The number of aliphatic hydroxyl groups excluding tert-OH is 1. The summed E-state index contributed by atoms with van der Waals surface area (Å²) in [7, 11) is 0. The van der Waals surface area contributed by atoms with Crippen molar-refractivity contribution in [2.45, 2.75) is 105 Å². The van der Waals surface area contributed by atoms with Gasteiger partial charge < -0.3 is 5.11 Å². The zero-order valence-electron chi connectivity index (χ0n) is 19.5. The molecule has 29 heavy (non-hydrogen) atoms. The van der Waals surface area contributed by atoms with Crippen molar-refractivity contribution < 1.29 is 9.90 Å². The summed E-state index contributed by atoms with van der Waals surface area (Å²) in [5, 5.41) is 11.3. The second kappa shape index (κ2) is 7.81. The molecule has 0 aliphatic heterocycles. The molecule has 0 bridgehead atoms. The van der Waals surface area contributed by atoms with E-state index < -0.39 is 0 Å². The van der Waals surface area contributed by atoms with Gasteiger partial charge in [0, 0.05) is 6.42 Å². The number of carbonyl (C=O) groups is 1. The number of rotatable bonds is 5. The van der Waals surface area contributed by atoms with Gasteiger partial charge in [-0.05, 0) is 90.9 Å². The maximum absolute atomic E-state index is 12.0. The minimum atomic E-state index is -0.246. The number of hydrogen-bond donors (Lipinski definition) is 1. The molecule has 2 heteroatoms. The Morgan fingerprint density at radius 1 is 1.07 bits per heavy atom. The van der Waals surface area contributed by atoms with Crippen molar-refractivity contribution in [3.05, 3.63) is 11.6 Å². The van der Waals surface area contributed by atoms with Crippen LogP contribution in [-0.4, -0.2) is 17.0 Å². The fourth-order valence-corrected chi connectivity index (χ4v) is 8.55. The third kappa shape index (κ3) is 3.56. The van der Waals surface area contributed by atoms with Gasteiger partial charge in [0.15, 0.2) is 5.78 Å². The Balaban J connectivity index is 1.54. The number of fused-ring (bicyclic) bond motifs is 5. The molecule has 4 rings (SSSR count). The van der Waals surface area contributed by atoms with E-state index in [1.807, 2.05) is 6.08 Å². The van der Waals surface area contributed by atoms with Gasteiger partial charge in [-0.2, -0.15) is 0 Å². The predicted octanol–water partition coefficient (Wildman–Crippen LogP) is 6.57. The summed E-state index contributed by atoms with van der Waals surface area (Å²) in [6.07, 6.45) is 13.4. The Morgan fingerprint density at radius 3 is 2.55 bits per heavy atom. The smallest absolute Gasteiger partial charge is 0.155 e. The highest BCUT2D eigenvalue weighted by molar-refractivity contribution is 5.91. The molecule has 4 aliphatic rings. The first kappa shape index (κ1) is 21.6. The number of ketones is 1. The Hall–Kier alpha value is -0.630. The van der Waals surface area contributed by atoms with Crippen LogP contribution in [0.3, 0.4) is 0 Å². The summed E-state index contributed by atoms with van der Waals surface area (Å²) in [5.74, 6) is 4.40. The summed E-state index contributed by atoms with van der Waals surface area (Å²) >= 11 is 0. The van der Waals surface area contributed by atoms with E-state index >= 15 is 0 Å². The lowest BCUT2D eigenvalue weighted by atomic mass is 9.45. The van der Waals surface area contributed by atoms with Crippen molar-refractivity contribution in [3.63, 3.8) is 0 Å². The van der Waals surface area contributed by atoms with Crippen LogP contribution in [0, 0.1) is 46.3 Å². The molecule has 3 fully saturated rings. The monoisotopic (exact) mass is 400 g/mol. The Labute approximate surface area is 178 Å². The van der Waals surface area contributed by atoms with Crippen molar-refractivity contribution in [3.8, 4) is 0 Å². The summed E-state index contributed by atoms with van der Waals surface area (Å²) < 4.78 is 0. The van der Waals surface area contributed by atoms with E-state index in [0.717, 1.165) is 30.6 Å². The highest BCUT2D eigenvalue weighted by Gasteiger charge is 2.61. The molecular weight excluding hydrogens is 356 g/mol. The van der Waals surface area contributed by atoms with Crippen LogP contribution in [-0.2, 0) is 4.79 Å². The van der Waals surface area contributed by atoms with Crippen LogP contribution in [0.1, 0.15) is 98.8 Å². The van der Waals surface area contributed by atoms with E-state index in [-0.39, 0.29) is 17.3 Å². The van der Waals surface area contributed by atoms with E-state index in [4.69, 9.17) is 0 Å². The van der Waals surface area contributed by atoms with E-state index in [1.54, 1.807) is 0 Å². The molecule has 0 heterocycles. The van der Waals surface area contributed by atoms with Crippen molar-refractivity contribution in [1.82, 2.24) is 0 Å². The number of carbonyl (C=O) groups excluding carboxylic acids is 1. The summed E-state index contributed by atoms with van der Waals surface area (Å²) in [5.41, 5.74) is 1.82. The minimum absolute atomic E-state index is 0.153. The summed E-state index contributed by atoms with van der Waals surface area (Å²) in [6, 6.07) is 0. The maximum Gasteiger partial charge on any atom is 0.155 e. The fourth-order valence-electron chi connectivity index (χ4n) is 8.55. The molecule has 0 amide bonds. The molecule has 1 N–H and O–H groups in total. The van der Waals surface area contributed by atoms with Crippen molar-refractivity contribution >= 4 is 5.78 Å². The number of aliphatic hydroxyl groups is 1. The number of hydrogen-bond acceptors (Lipinski definition) is 2. The molecule has 0 saturated heterocycles. The van der Waals surface area contributed by atoms with Crippen LogP contribution in [0.5, 0.6) is 0 Å². The van der Waals surface area contributed by atoms with E-state index in [9.17, 15) is 9.90 Å². The Kier molecular flexibility index (Phi) is 5.82. The van der Waals surface area contributed by atoms with Crippen molar-refractivity contribution in [2.75, 3.05) is 0 Å². The van der Waals surface area contributed by atoms with Crippen LogP contribution < -0.4 is 0 Å². The largest absolute Gasteiger partial charge is 0.392 e. The average molecular weight is 401 g/mol. The lowest BCUT2D eigenvalue weighted by Gasteiger charge is -2.60. The quantitative estimate of drug-likeness (QED) is 0.567. The van der Waals surface area contributed by atoms with Crippen LogP contribution >= 0.6 is 0 Å². The van der Waals surface area contributed by atoms with Gasteiger partial charge in [0.1, 0.15) is 0 Å². The zero-order valence-corrected chi connectivity index (χ0v) is 19.5. The van der Waals surface area contributed by atoms with Gasteiger partial charge >= 0.3 is 0 Å². The van der Waals surface area contributed by atoms with E-state index in [1.165, 1.54) is 50.5 Å². The van der Waals surface area contributed by atoms with Gasteiger partial charge in [0.05, 0.1) is 6.10 Å². The molecule has 3 unspecified atom stereocenters. The third-order valence-electron chi connectivity index (χ3n) is 10.2. The first-order valence-electron chi connectivity index (χ1n) is 12.6. The minimum Gasteiger partial charge on any atom is -0.392 e. The van der Waals surface area contributed by atoms with Gasteiger partial charge in [-0.25, -0.2) is 0 Å². The van der Waals surface area contributed by atoms with Crippen LogP contribution in [0.4, 0.5) is 0 Å². The molecule has 3 saturated carbocycles. The first-order valence-corrected chi connectivity index (χ1v) is 12.6. The summed E-state index contributed by atoms with van der Waals surface area (Å²) in [6.45, 7) is 12.2. The molecule has 0 aromatic rings. The fraction of sp³-hybridized carbons (Fsp3) is 0.889. The highest BCUT2D eigenvalue weighted by atomic mass is 16.3. The van der Waals surface area contributed by atoms with Gasteiger partial charge in [0.2, 0.25) is 0 Å². The molecule has 0 radical (unpaired) electrons. The predicted molar refractivity (Wildman–Crippen MR) is 119 cm³/mol. The summed E-state index contributed by atoms with van der Waals surface area (Å²) in [4.78, 5) is 12.0. The molecule has 8 atom stereocenters. The van der Waals surface area contributed by atoms with Gasteiger partial charge in [-0.1, -0.05) is 59.5 Å². The zero-order chi connectivity index (χ0) is 21.0. The van der Waals surface area contributed by atoms with Crippen LogP contribution in [0.25, 0.3) is 0 Å². The van der Waals surface area contributed by atoms with Crippen LogP contribution in [0.15, 0.2) is 11.6 Å². The average Bonchev–Trinajstić information content (AvgIpc) is 3.00. The van der Waals surface area contributed by atoms with Gasteiger partial charge in [0.25, 0.3) is 0 Å². The topological polar surface area (TPSA) is 37.3 Å². The Bertz CT molecular complexity index is 663. The Morgan fingerprint density at radius 2 is 1.83 bits per heavy atom. The lowest BCUT2D eigenvalue weighted by Crippen LogP contribution is -2.55. The molecule has 2 nitrogen and oxygen atoms in total. The van der Waals surface area contributed by atoms with Gasteiger partial charge in [-0.3, -0.25) is 4.79 Å². The molecule has 0 aromatic carbocycles. The second-order valence-electron chi connectivity index (χ2n) is 12.1. The first-order chi connectivity index (χ1) is 13.7. The normalized spacial score (nSPS) is 45.4. The molecule has 0 spiro atoms.